The number of benzene rings is 1. The Labute approximate surface area is 84.6 Å². The van der Waals surface area contributed by atoms with Crippen LogP contribution in [0.1, 0.15) is 11.1 Å². The number of nitro benzene ring substituents is 1. The lowest BCUT2D eigenvalue weighted by Gasteiger charge is -2.08. The van der Waals surface area contributed by atoms with Crippen molar-refractivity contribution in [1.29, 1.82) is 0 Å². The van der Waals surface area contributed by atoms with Gasteiger partial charge in [-0.25, -0.2) is 0 Å². The molecule has 0 aliphatic heterocycles. The average Bonchev–Trinajstić information content (AvgIpc) is 2.08. The van der Waals surface area contributed by atoms with E-state index in [1.54, 1.807) is 13.0 Å². The second kappa shape index (κ2) is 4.20. The van der Waals surface area contributed by atoms with Crippen LogP contribution < -0.4 is 4.74 Å². The fourth-order valence-corrected chi connectivity index (χ4v) is 1.31. The van der Waals surface area contributed by atoms with E-state index in [9.17, 15) is 18.9 Å². The highest BCUT2D eigenvalue weighted by atomic mass is 19.3. The summed E-state index contributed by atoms with van der Waals surface area (Å²) in [5.74, 6) is -0.374. The van der Waals surface area contributed by atoms with Crippen molar-refractivity contribution in [2.24, 2.45) is 0 Å². The van der Waals surface area contributed by atoms with Gasteiger partial charge in [-0.05, 0) is 25.0 Å². The Kier molecular flexibility index (Phi) is 3.18. The van der Waals surface area contributed by atoms with Gasteiger partial charge in [0.1, 0.15) is 0 Å². The van der Waals surface area contributed by atoms with Crippen LogP contribution in [0.5, 0.6) is 5.75 Å². The van der Waals surface area contributed by atoms with Crippen molar-refractivity contribution in [3.63, 3.8) is 0 Å². The molecule has 0 saturated carbocycles. The van der Waals surface area contributed by atoms with Crippen molar-refractivity contribution in [2.75, 3.05) is 0 Å². The molecule has 0 spiro atoms. The van der Waals surface area contributed by atoms with Gasteiger partial charge in [-0.1, -0.05) is 6.07 Å². The van der Waals surface area contributed by atoms with Crippen LogP contribution in [0.25, 0.3) is 0 Å². The molecule has 0 saturated heterocycles. The molecule has 0 N–H and O–H groups in total. The Balaban J connectivity index is 3.27. The van der Waals surface area contributed by atoms with Crippen molar-refractivity contribution < 1.29 is 18.4 Å². The van der Waals surface area contributed by atoms with Crippen molar-refractivity contribution in [3.8, 4) is 5.75 Å². The number of aryl methyl sites for hydroxylation is 2. The molecule has 6 heteroatoms. The third kappa shape index (κ3) is 2.61. The Morgan fingerprint density at radius 1 is 1.40 bits per heavy atom. The van der Waals surface area contributed by atoms with Gasteiger partial charge < -0.3 is 4.74 Å². The summed E-state index contributed by atoms with van der Waals surface area (Å²) in [5, 5.41) is 10.6. The highest BCUT2D eigenvalue weighted by molar-refractivity contribution is 5.53. The zero-order chi connectivity index (χ0) is 11.6. The maximum absolute atomic E-state index is 12.0. The van der Waals surface area contributed by atoms with Crippen molar-refractivity contribution >= 4 is 5.69 Å². The summed E-state index contributed by atoms with van der Waals surface area (Å²) < 4.78 is 28.1. The predicted octanol–water partition coefficient (Wildman–Crippen LogP) is 2.81. The molecule has 1 aromatic carbocycles. The lowest BCUT2D eigenvalue weighted by Crippen LogP contribution is -2.06. The highest BCUT2D eigenvalue weighted by Gasteiger charge is 2.21. The normalized spacial score (nSPS) is 10.5. The molecule has 1 rings (SSSR count). The predicted molar refractivity (Wildman–Crippen MR) is 49.2 cm³/mol. The fourth-order valence-electron chi connectivity index (χ4n) is 1.31. The molecule has 0 fully saturated rings. The first-order valence-electron chi connectivity index (χ1n) is 4.12. The molecule has 82 valence electrons. The minimum Gasteiger partial charge on any atom is -0.427 e. The summed E-state index contributed by atoms with van der Waals surface area (Å²) in [6.45, 7) is 0.0641. The Morgan fingerprint density at radius 2 is 2.00 bits per heavy atom. The summed E-state index contributed by atoms with van der Waals surface area (Å²) in [6.07, 6.45) is 0. The molecule has 0 bridgehead atoms. The molecular formula is C9H9F2NO3. The smallest absolute Gasteiger partial charge is 0.387 e. The number of hydrogen-bond acceptors (Lipinski definition) is 3. The number of rotatable bonds is 3. The highest BCUT2D eigenvalue weighted by Crippen LogP contribution is 2.33. The first-order chi connectivity index (χ1) is 6.91. The lowest BCUT2D eigenvalue weighted by molar-refractivity contribution is -0.386. The fraction of sp³-hybridized carbons (Fsp3) is 0.333. The lowest BCUT2D eigenvalue weighted by atomic mass is 10.1. The number of alkyl halides is 2. The monoisotopic (exact) mass is 217 g/mol. The Morgan fingerprint density at radius 3 is 2.47 bits per heavy atom. The van der Waals surface area contributed by atoms with Crippen molar-refractivity contribution in [2.45, 2.75) is 20.5 Å². The minimum absolute atomic E-state index is 0.321. The first kappa shape index (κ1) is 11.4. The largest absolute Gasteiger partial charge is 0.427 e. The van der Waals surface area contributed by atoms with Gasteiger partial charge in [0.25, 0.3) is 0 Å². The Bertz CT molecular complexity index is 393. The van der Waals surface area contributed by atoms with Crippen LogP contribution in [0.15, 0.2) is 12.1 Å². The molecule has 1 aromatic rings. The standard InChI is InChI=1S/C9H9F2NO3/c1-5-3-6(2)8(15-9(10)11)7(4-5)12(13)14/h3-4,9H,1-2H3. The van der Waals surface area contributed by atoms with Gasteiger partial charge in [0.2, 0.25) is 5.75 Å². The van der Waals surface area contributed by atoms with E-state index in [4.69, 9.17) is 0 Å². The van der Waals surface area contributed by atoms with E-state index in [1.165, 1.54) is 13.0 Å². The number of nitro groups is 1. The van der Waals surface area contributed by atoms with Crippen LogP contribution in [-0.4, -0.2) is 11.5 Å². The van der Waals surface area contributed by atoms with E-state index in [1.807, 2.05) is 0 Å². The third-order valence-electron chi connectivity index (χ3n) is 1.80. The van der Waals surface area contributed by atoms with Gasteiger partial charge in [-0.3, -0.25) is 10.1 Å². The molecule has 0 aromatic heterocycles. The minimum atomic E-state index is -3.06. The van der Waals surface area contributed by atoms with Gasteiger partial charge in [-0.15, -0.1) is 0 Å². The zero-order valence-electron chi connectivity index (χ0n) is 8.16. The van der Waals surface area contributed by atoms with E-state index in [0.29, 0.717) is 11.1 Å². The van der Waals surface area contributed by atoms with Gasteiger partial charge in [-0.2, -0.15) is 8.78 Å². The van der Waals surface area contributed by atoms with Crippen LogP contribution >= 0.6 is 0 Å². The van der Waals surface area contributed by atoms with Gasteiger partial charge in [0, 0.05) is 6.07 Å². The second-order valence-electron chi connectivity index (χ2n) is 3.07. The van der Waals surface area contributed by atoms with Gasteiger partial charge >= 0.3 is 12.3 Å². The summed E-state index contributed by atoms with van der Waals surface area (Å²) in [5.41, 5.74) is 0.510. The molecule has 0 amide bonds. The van der Waals surface area contributed by atoms with Crippen LogP contribution in [-0.2, 0) is 0 Å². The summed E-state index contributed by atoms with van der Waals surface area (Å²) in [4.78, 5) is 9.85. The molecule has 15 heavy (non-hydrogen) atoms. The maximum Gasteiger partial charge on any atom is 0.387 e. The van der Waals surface area contributed by atoms with E-state index >= 15 is 0 Å². The summed E-state index contributed by atoms with van der Waals surface area (Å²) >= 11 is 0. The summed E-state index contributed by atoms with van der Waals surface area (Å²) in [7, 11) is 0. The van der Waals surface area contributed by atoms with Gasteiger partial charge in [0.15, 0.2) is 0 Å². The van der Waals surface area contributed by atoms with Crippen LogP contribution in [0.2, 0.25) is 0 Å². The molecule has 0 aliphatic carbocycles. The SMILES string of the molecule is Cc1cc(C)c(OC(F)F)c([N+](=O)[O-])c1. The van der Waals surface area contributed by atoms with Crippen LogP contribution in [0.4, 0.5) is 14.5 Å². The van der Waals surface area contributed by atoms with E-state index < -0.39 is 17.2 Å². The first-order valence-corrected chi connectivity index (χ1v) is 4.12. The molecule has 0 atom stereocenters. The van der Waals surface area contributed by atoms with E-state index in [2.05, 4.69) is 4.74 Å². The second-order valence-corrected chi connectivity index (χ2v) is 3.07. The van der Waals surface area contributed by atoms with E-state index in [-0.39, 0.29) is 5.75 Å². The van der Waals surface area contributed by atoms with Crippen LogP contribution in [0, 0.1) is 24.0 Å². The number of nitrogens with zero attached hydrogens (tertiary/aromatic N) is 1. The molecule has 0 unspecified atom stereocenters. The molecular weight excluding hydrogens is 208 g/mol. The quantitative estimate of drug-likeness (QED) is 0.577. The topological polar surface area (TPSA) is 52.4 Å². The van der Waals surface area contributed by atoms with Crippen LogP contribution in [0.3, 0.4) is 0 Å². The molecule has 0 heterocycles. The molecule has 0 aliphatic rings. The molecule has 4 nitrogen and oxygen atoms in total. The van der Waals surface area contributed by atoms with Gasteiger partial charge in [0.05, 0.1) is 4.92 Å². The van der Waals surface area contributed by atoms with Crippen molar-refractivity contribution in [1.82, 2.24) is 0 Å². The number of ether oxygens (including phenoxy) is 1. The zero-order valence-corrected chi connectivity index (χ0v) is 8.16. The molecule has 0 radical (unpaired) electrons. The van der Waals surface area contributed by atoms with Crippen molar-refractivity contribution in [3.05, 3.63) is 33.4 Å². The Hall–Kier alpha value is -1.72. The average molecular weight is 217 g/mol. The summed E-state index contributed by atoms with van der Waals surface area (Å²) in [6, 6.07) is 2.75. The number of hydrogen-bond donors (Lipinski definition) is 0. The third-order valence-corrected chi connectivity index (χ3v) is 1.80. The maximum atomic E-state index is 12.0. The number of halogens is 2. The van der Waals surface area contributed by atoms with E-state index in [0.717, 1.165) is 0 Å².